The van der Waals surface area contributed by atoms with E-state index in [9.17, 15) is 0 Å². The molecule has 0 N–H and O–H groups in total. The summed E-state index contributed by atoms with van der Waals surface area (Å²) in [5.41, 5.74) is 18.3. The van der Waals surface area contributed by atoms with Gasteiger partial charge in [0.25, 0.3) is 0 Å². The van der Waals surface area contributed by atoms with E-state index >= 15 is 0 Å². The minimum absolute atomic E-state index is 0.471. The fourth-order valence-electron chi connectivity index (χ4n) is 9.53. The van der Waals surface area contributed by atoms with Gasteiger partial charge >= 0.3 is 0 Å². The number of aromatic nitrogens is 2. The summed E-state index contributed by atoms with van der Waals surface area (Å²) in [7, 11) is 0. The molecule has 7 aromatic carbocycles. The molecule has 0 saturated carbocycles. The summed E-state index contributed by atoms with van der Waals surface area (Å²) in [5, 5.41) is 2.31. The summed E-state index contributed by atoms with van der Waals surface area (Å²) in [6.45, 7) is 4.35. The first kappa shape index (κ1) is 30.0. The Morgan fingerprint density at radius 3 is 2.09 bits per heavy atom. The van der Waals surface area contributed by atoms with Crippen LogP contribution in [0.15, 0.2) is 180 Å². The fourth-order valence-corrected chi connectivity index (χ4v) is 9.53. The quantitative estimate of drug-likeness (QED) is 0.186. The second-order valence-corrected chi connectivity index (χ2v) is 14.1. The molecule has 53 heavy (non-hydrogen) atoms. The number of benzene rings is 7. The molecule has 250 valence electrons. The Labute approximate surface area is 307 Å². The molecule has 2 aliphatic rings. The van der Waals surface area contributed by atoms with E-state index < -0.39 is 5.41 Å². The zero-order valence-corrected chi connectivity index (χ0v) is 29.5. The Bertz CT molecular complexity index is 3010. The highest BCUT2D eigenvalue weighted by atomic mass is 16.3. The number of fused-ring (bicyclic) bond motifs is 12. The molecule has 0 saturated heterocycles. The second-order valence-electron chi connectivity index (χ2n) is 14.1. The first-order chi connectivity index (χ1) is 26.2. The molecule has 9 aromatic rings. The maximum atomic E-state index is 6.72. The zero-order valence-electron chi connectivity index (χ0n) is 29.5. The average molecular weight is 679 g/mol. The first-order valence-corrected chi connectivity index (χ1v) is 18.4. The van der Waals surface area contributed by atoms with Crippen molar-refractivity contribution in [2.45, 2.75) is 19.3 Å². The van der Waals surface area contributed by atoms with Crippen LogP contribution < -0.4 is 0 Å². The van der Waals surface area contributed by atoms with Gasteiger partial charge in [0.15, 0.2) is 0 Å². The standard InChI is InChI=1S/C50H34N2O/c1-3-34-39(4-2)50(42-30-29-37-36-17-9-13-24-45(36)53-48(37)47(34)42)40-20-10-8-18-38(40)46-35(19-14-21-41(46)50)31-25-27-32(28-26-31)49-51-43-22-11-12-23-44(43)52(49)33-15-6-5-7-16-33/h3-30H,1-2H3/b34-3?,39-4+. The lowest BCUT2D eigenvalue weighted by atomic mass is 9.70. The molecular weight excluding hydrogens is 645 g/mol. The summed E-state index contributed by atoms with van der Waals surface area (Å²) < 4.78 is 8.98. The Morgan fingerprint density at radius 2 is 1.25 bits per heavy atom. The predicted octanol–water partition coefficient (Wildman–Crippen LogP) is 12.9. The third-order valence-electron chi connectivity index (χ3n) is 11.6. The van der Waals surface area contributed by atoms with Gasteiger partial charge in [-0.2, -0.15) is 0 Å². The van der Waals surface area contributed by atoms with Crippen molar-refractivity contribution in [1.82, 2.24) is 9.55 Å². The van der Waals surface area contributed by atoms with E-state index in [0.29, 0.717) is 0 Å². The molecule has 1 spiro atoms. The molecular formula is C50H34N2O. The van der Waals surface area contributed by atoms with Crippen LogP contribution in [0.2, 0.25) is 0 Å². The summed E-state index contributed by atoms with van der Waals surface area (Å²) in [6, 6.07) is 56.8. The monoisotopic (exact) mass is 678 g/mol. The van der Waals surface area contributed by atoms with Crippen molar-refractivity contribution in [3.63, 3.8) is 0 Å². The van der Waals surface area contributed by atoms with Crippen LogP contribution in [0.4, 0.5) is 0 Å². The van der Waals surface area contributed by atoms with Gasteiger partial charge in [0, 0.05) is 27.6 Å². The molecule has 2 aromatic heterocycles. The number of hydrogen-bond donors (Lipinski definition) is 0. The number of allylic oxidation sites excluding steroid dienone is 4. The first-order valence-electron chi connectivity index (χ1n) is 18.4. The van der Waals surface area contributed by atoms with E-state index in [1.165, 1.54) is 55.7 Å². The lowest BCUT2D eigenvalue weighted by Crippen LogP contribution is -2.26. The summed E-state index contributed by atoms with van der Waals surface area (Å²) >= 11 is 0. The van der Waals surface area contributed by atoms with Crippen molar-refractivity contribution in [2.75, 3.05) is 0 Å². The van der Waals surface area contributed by atoms with Gasteiger partial charge in [-0.3, -0.25) is 4.57 Å². The highest BCUT2D eigenvalue weighted by molar-refractivity contribution is 6.13. The van der Waals surface area contributed by atoms with E-state index in [0.717, 1.165) is 50.0 Å². The van der Waals surface area contributed by atoms with Crippen LogP contribution in [-0.4, -0.2) is 9.55 Å². The average Bonchev–Trinajstić information content (AvgIpc) is 3.96. The second kappa shape index (κ2) is 11.1. The van der Waals surface area contributed by atoms with Crippen LogP contribution >= 0.6 is 0 Å². The highest BCUT2D eigenvalue weighted by Crippen LogP contribution is 2.66. The summed E-state index contributed by atoms with van der Waals surface area (Å²) in [5.74, 6) is 0.933. The van der Waals surface area contributed by atoms with E-state index in [4.69, 9.17) is 9.40 Å². The lowest BCUT2D eigenvalue weighted by molar-refractivity contribution is 0.666. The van der Waals surface area contributed by atoms with Gasteiger partial charge < -0.3 is 4.42 Å². The van der Waals surface area contributed by atoms with E-state index in [-0.39, 0.29) is 0 Å². The lowest BCUT2D eigenvalue weighted by Gasteiger charge is -2.31. The van der Waals surface area contributed by atoms with Crippen molar-refractivity contribution in [2.24, 2.45) is 0 Å². The predicted molar refractivity (Wildman–Crippen MR) is 218 cm³/mol. The van der Waals surface area contributed by atoms with E-state index in [1.807, 2.05) is 0 Å². The fraction of sp³-hybridized carbons (Fsp3) is 0.0600. The minimum Gasteiger partial charge on any atom is -0.455 e. The maximum absolute atomic E-state index is 6.72. The molecule has 2 aliphatic carbocycles. The van der Waals surface area contributed by atoms with Crippen LogP contribution in [0.5, 0.6) is 0 Å². The van der Waals surface area contributed by atoms with Crippen molar-refractivity contribution < 1.29 is 4.42 Å². The van der Waals surface area contributed by atoms with Crippen LogP contribution in [0.3, 0.4) is 0 Å². The summed E-state index contributed by atoms with van der Waals surface area (Å²) in [6.07, 6.45) is 4.61. The molecule has 3 heteroatoms. The van der Waals surface area contributed by atoms with Gasteiger partial charge in [0.1, 0.15) is 17.0 Å². The van der Waals surface area contributed by atoms with Crippen LogP contribution in [-0.2, 0) is 5.41 Å². The Kier molecular flexibility index (Phi) is 6.30. The molecule has 0 radical (unpaired) electrons. The Balaban J connectivity index is 1.13. The summed E-state index contributed by atoms with van der Waals surface area (Å²) in [4.78, 5) is 5.13. The van der Waals surface area contributed by atoms with Gasteiger partial charge in [0.2, 0.25) is 0 Å². The number of rotatable bonds is 3. The number of nitrogens with zero attached hydrogens (tertiary/aromatic N) is 2. The third kappa shape index (κ3) is 3.91. The number of para-hydroxylation sites is 4. The van der Waals surface area contributed by atoms with Crippen molar-refractivity contribution in [1.29, 1.82) is 0 Å². The van der Waals surface area contributed by atoms with Crippen molar-refractivity contribution >= 4 is 38.5 Å². The smallest absolute Gasteiger partial charge is 0.145 e. The largest absolute Gasteiger partial charge is 0.455 e. The van der Waals surface area contributed by atoms with Crippen LogP contribution in [0.25, 0.3) is 77.9 Å². The van der Waals surface area contributed by atoms with Gasteiger partial charge in [-0.25, -0.2) is 4.98 Å². The molecule has 0 amide bonds. The van der Waals surface area contributed by atoms with E-state index in [1.54, 1.807) is 0 Å². The van der Waals surface area contributed by atoms with Crippen molar-refractivity contribution in [3.05, 3.63) is 198 Å². The molecule has 11 rings (SSSR count). The molecule has 0 bridgehead atoms. The zero-order chi connectivity index (χ0) is 35.3. The SMILES string of the molecule is CC=C1/C(=C\C)C2(c3ccccc3-c3c(-c4ccc(-c5nc6ccccc6n5-c5ccccc5)cc4)cccc32)c2ccc3c(oc4ccccc43)c21. The third-order valence-corrected chi connectivity index (χ3v) is 11.6. The molecule has 3 nitrogen and oxygen atoms in total. The van der Waals surface area contributed by atoms with E-state index in [2.05, 4.69) is 188 Å². The van der Waals surface area contributed by atoms with Gasteiger partial charge in [-0.15, -0.1) is 0 Å². The van der Waals surface area contributed by atoms with Crippen molar-refractivity contribution in [3.8, 4) is 39.3 Å². The molecule has 0 fully saturated rings. The Hall–Kier alpha value is -6.71. The van der Waals surface area contributed by atoms with Gasteiger partial charge in [-0.1, -0.05) is 140 Å². The molecule has 1 atom stereocenters. The normalized spacial score (nSPS) is 17.4. The number of hydrogen-bond acceptors (Lipinski definition) is 2. The van der Waals surface area contributed by atoms with Crippen LogP contribution in [0.1, 0.15) is 36.1 Å². The Morgan fingerprint density at radius 1 is 0.547 bits per heavy atom. The molecule has 0 aliphatic heterocycles. The maximum Gasteiger partial charge on any atom is 0.145 e. The number of furan rings is 1. The van der Waals surface area contributed by atoms with Gasteiger partial charge in [-0.05, 0) is 94.3 Å². The molecule has 2 heterocycles. The minimum atomic E-state index is -0.471. The van der Waals surface area contributed by atoms with Gasteiger partial charge in [0.05, 0.1) is 16.4 Å². The highest BCUT2D eigenvalue weighted by Gasteiger charge is 2.54. The molecule has 1 unspecified atom stereocenters. The van der Waals surface area contributed by atoms with Crippen LogP contribution in [0, 0.1) is 0 Å². The number of imidazole rings is 1. The topological polar surface area (TPSA) is 31.0 Å².